The third-order valence-corrected chi connectivity index (χ3v) is 2.50. The highest BCUT2D eigenvalue weighted by molar-refractivity contribution is 6.19. The molecule has 0 radical (unpaired) electrons. The minimum absolute atomic E-state index is 0.00357. The van der Waals surface area contributed by atoms with Crippen LogP contribution in [-0.2, 0) is 18.4 Å². The van der Waals surface area contributed by atoms with Crippen molar-refractivity contribution in [2.75, 3.05) is 5.88 Å². The van der Waals surface area contributed by atoms with Crippen molar-refractivity contribution in [3.8, 4) is 0 Å². The van der Waals surface area contributed by atoms with E-state index in [2.05, 4.69) is 5.32 Å². The Morgan fingerprint density at radius 1 is 1.71 bits per heavy atom. The molecular weight excluding hydrogens is 200 g/mol. The van der Waals surface area contributed by atoms with E-state index in [1.54, 1.807) is 0 Å². The number of nitrogens with zero attached hydrogens (tertiary/aromatic N) is 1. The molecule has 0 saturated carbocycles. The number of hydrogen-bond acceptors (Lipinski definition) is 1. The minimum atomic E-state index is -0.125. The topological polar surface area (TPSA) is 34.0 Å². The van der Waals surface area contributed by atoms with Gasteiger partial charge < -0.3 is 9.88 Å². The van der Waals surface area contributed by atoms with Crippen LogP contribution in [0.4, 0.5) is 0 Å². The first-order valence-corrected chi connectivity index (χ1v) is 5.11. The summed E-state index contributed by atoms with van der Waals surface area (Å²) in [4.78, 5) is 11.4. The van der Waals surface area contributed by atoms with Gasteiger partial charge in [0.2, 0.25) is 5.91 Å². The summed E-state index contributed by atoms with van der Waals surface area (Å²) in [5.41, 5.74) is 1.10. The molecule has 1 heterocycles. The van der Waals surface area contributed by atoms with Crippen LogP contribution in [0.5, 0.6) is 0 Å². The van der Waals surface area contributed by atoms with Gasteiger partial charge in [0.05, 0.1) is 0 Å². The maximum Gasteiger partial charge on any atom is 0.224 e. The Kier molecular flexibility index (Phi) is 4.01. The van der Waals surface area contributed by atoms with Crippen LogP contribution in [0.3, 0.4) is 0 Å². The fourth-order valence-electron chi connectivity index (χ4n) is 1.10. The molecule has 4 heteroatoms. The molecule has 1 N–H and O–H groups in total. The molecule has 1 atom stereocenters. The Balaban J connectivity index is 2.37. The summed E-state index contributed by atoms with van der Waals surface area (Å²) in [5.74, 6) is 0.241. The van der Waals surface area contributed by atoms with Gasteiger partial charge in [-0.1, -0.05) is 6.92 Å². The molecule has 0 spiro atoms. The Morgan fingerprint density at radius 3 is 2.93 bits per heavy atom. The summed E-state index contributed by atoms with van der Waals surface area (Å²) < 4.78 is 1.95. The van der Waals surface area contributed by atoms with Crippen molar-refractivity contribution >= 4 is 17.5 Å². The van der Waals surface area contributed by atoms with Crippen LogP contribution in [0, 0.1) is 5.92 Å². The van der Waals surface area contributed by atoms with E-state index in [0.717, 1.165) is 5.56 Å². The van der Waals surface area contributed by atoms with Crippen molar-refractivity contribution in [2.24, 2.45) is 13.0 Å². The maximum absolute atomic E-state index is 11.4. The van der Waals surface area contributed by atoms with Crippen molar-refractivity contribution in [3.05, 3.63) is 24.0 Å². The number of carbonyl (C=O) groups is 1. The fraction of sp³-hybridized carbons (Fsp3) is 0.500. The summed E-state index contributed by atoms with van der Waals surface area (Å²) in [6, 6.07) is 1.98. The first-order chi connectivity index (χ1) is 6.63. The van der Waals surface area contributed by atoms with E-state index in [0.29, 0.717) is 12.4 Å². The minimum Gasteiger partial charge on any atom is -0.357 e. The molecule has 0 fully saturated rings. The van der Waals surface area contributed by atoms with Crippen LogP contribution in [-0.4, -0.2) is 16.4 Å². The number of aromatic nitrogens is 1. The molecule has 0 bridgehead atoms. The number of halogens is 1. The SMILES string of the molecule is CC(CCl)C(=O)NCc1ccn(C)c1. The molecule has 1 aromatic rings. The molecule has 1 amide bonds. The van der Waals surface area contributed by atoms with Gasteiger partial charge in [-0.05, 0) is 11.6 Å². The Bertz CT molecular complexity index is 309. The highest BCUT2D eigenvalue weighted by Gasteiger charge is 2.10. The van der Waals surface area contributed by atoms with Crippen LogP contribution in [0.25, 0.3) is 0 Å². The molecule has 1 unspecified atom stereocenters. The number of hydrogen-bond donors (Lipinski definition) is 1. The van der Waals surface area contributed by atoms with Crippen LogP contribution in [0.1, 0.15) is 12.5 Å². The summed E-state index contributed by atoms with van der Waals surface area (Å²) in [6.07, 6.45) is 3.93. The van der Waals surface area contributed by atoms with Crippen molar-refractivity contribution in [2.45, 2.75) is 13.5 Å². The van der Waals surface area contributed by atoms with Gasteiger partial charge in [-0.25, -0.2) is 0 Å². The molecule has 3 nitrogen and oxygen atoms in total. The lowest BCUT2D eigenvalue weighted by molar-refractivity contribution is -0.124. The zero-order valence-corrected chi connectivity index (χ0v) is 9.21. The van der Waals surface area contributed by atoms with E-state index < -0.39 is 0 Å². The molecule has 14 heavy (non-hydrogen) atoms. The zero-order chi connectivity index (χ0) is 10.6. The average molecular weight is 215 g/mol. The second-order valence-corrected chi connectivity index (χ2v) is 3.77. The van der Waals surface area contributed by atoms with Crippen LogP contribution in [0.2, 0.25) is 0 Å². The summed E-state index contributed by atoms with van der Waals surface area (Å²) in [5, 5.41) is 2.83. The maximum atomic E-state index is 11.4. The third kappa shape index (κ3) is 3.07. The van der Waals surface area contributed by atoms with Gasteiger partial charge in [-0.2, -0.15) is 0 Å². The highest BCUT2D eigenvalue weighted by Crippen LogP contribution is 2.01. The normalized spacial score (nSPS) is 12.5. The number of rotatable bonds is 4. The Morgan fingerprint density at radius 2 is 2.43 bits per heavy atom. The lowest BCUT2D eigenvalue weighted by atomic mass is 10.2. The van der Waals surface area contributed by atoms with Crippen LogP contribution >= 0.6 is 11.6 Å². The Hall–Kier alpha value is -0.960. The van der Waals surface area contributed by atoms with E-state index in [1.165, 1.54) is 0 Å². The highest BCUT2D eigenvalue weighted by atomic mass is 35.5. The molecule has 78 valence electrons. The van der Waals surface area contributed by atoms with Gasteiger partial charge in [-0.15, -0.1) is 11.6 Å². The monoisotopic (exact) mass is 214 g/mol. The van der Waals surface area contributed by atoms with Gasteiger partial charge in [0.1, 0.15) is 0 Å². The molecule has 1 rings (SSSR count). The second kappa shape index (κ2) is 5.05. The van der Waals surface area contributed by atoms with Gasteiger partial charge >= 0.3 is 0 Å². The smallest absolute Gasteiger partial charge is 0.224 e. The Labute approximate surface area is 89.1 Å². The third-order valence-electron chi connectivity index (χ3n) is 2.04. The molecule has 0 aromatic carbocycles. The van der Waals surface area contributed by atoms with Gasteiger partial charge in [0.25, 0.3) is 0 Å². The van der Waals surface area contributed by atoms with Crippen LogP contribution in [0.15, 0.2) is 18.5 Å². The predicted molar refractivity (Wildman–Crippen MR) is 57.1 cm³/mol. The van der Waals surface area contributed by atoms with E-state index in [9.17, 15) is 4.79 Å². The first kappa shape index (κ1) is 11.1. The largest absolute Gasteiger partial charge is 0.357 e. The molecular formula is C10H15ClN2O. The number of carbonyl (C=O) groups excluding carboxylic acids is 1. The first-order valence-electron chi connectivity index (χ1n) is 4.58. The van der Waals surface area contributed by atoms with Gasteiger partial charge in [0, 0.05) is 37.8 Å². The predicted octanol–water partition coefficient (Wildman–Crippen LogP) is 1.52. The average Bonchev–Trinajstić information content (AvgIpc) is 2.59. The van der Waals surface area contributed by atoms with Crippen molar-refractivity contribution in [1.82, 2.24) is 9.88 Å². The van der Waals surface area contributed by atoms with E-state index in [4.69, 9.17) is 11.6 Å². The van der Waals surface area contributed by atoms with Crippen molar-refractivity contribution < 1.29 is 4.79 Å². The van der Waals surface area contributed by atoms with E-state index >= 15 is 0 Å². The molecule has 0 aliphatic rings. The molecule has 0 aliphatic carbocycles. The van der Waals surface area contributed by atoms with Crippen LogP contribution < -0.4 is 5.32 Å². The number of aryl methyl sites for hydroxylation is 1. The van der Waals surface area contributed by atoms with Gasteiger partial charge in [-0.3, -0.25) is 4.79 Å². The molecule has 0 aliphatic heterocycles. The lowest BCUT2D eigenvalue weighted by Crippen LogP contribution is -2.29. The van der Waals surface area contributed by atoms with Gasteiger partial charge in [0.15, 0.2) is 0 Å². The summed E-state index contributed by atoms with van der Waals surface area (Å²) in [6.45, 7) is 2.38. The quantitative estimate of drug-likeness (QED) is 0.758. The molecule has 0 saturated heterocycles. The van der Waals surface area contributed by atoms with Crippen molar-refractivity contribution in [3.63, 3.8) is 0 Å². The van der Waals surface area contributed by atoms with E-state index in [-0.39, 0.29) is 11.8 Å². The lowest BCUT2D eigenvalue weighted by Gasteiger charge is -2.07. The zero-order valence-electron chi connectivity index (χ0n) is 8.46. The second-order valence-electron chi connectivity index (χ2n) is 3.46. The standard InChI is InChI=1S/C10H15ClN2O/c1-8(5-11)10(14)12-6-9-3-4-13(2)7-9/h3-4,7-8H,5-6H2,1-2H3,(H,12,14). The summed E-state index contributed by atoms with van der Waals surface area (Å²) in [7, 11) is 1.95. The van der Waals surface area contributed by atoms with Crippen molar-refractivity contribution in [1.29, 1.82) is 0 Å². The number of nitrogens with one attached hydrogen (secondary N) is 1. The summed E-state index contributed by atoms with van der Waals surface area (Å²) >= 11 is 5.57. The molecule has 1 aromatic heterocycles. The number of alkyl halides is 1. The fourth-order valence-corrected chi connectivity index (χ4v) is 1.24. The number of amides is 1. The van der Waals surface area contributed by atoms with E-state index in [1.807, 2.05) is 37.0 Å².